The van der Waals surface area contributed by atoms with E-state index in [0.29, 0.717) is 22.7 Å². The largest absolute Gasteiger partial charge is 0.497 e. The smallest absolute Gasteiger partial charge is 0.261 e. The molecule has 0 heterocycles. The van der Waals surface area contributed by atoms with Gasteiger partial charge in [-0.3, -0.25) is 9.52 Å². The zero-order chi connectivity index (χ0) is 22.6. The van der Waals surface area contributed by atoms with Gasteiger partial charge in [0.05, 0.1) is 19.1 Å². The van der Waals surface area contributed by atoms with Gasteiger partial charge in [0.15, 0.2) is 0 Å². The highest BCUT2D eigenvalue weighted by Crippen LogP contribution is 2.26. The van der Waals surface area contributed by atoms with Crippen LogP contribution in [0.15, 0.2) is 65.6 Å². The van der Waals surface area contributed by atoms with Gasteiger partial charge >= 0.3 is 0 Å². The summed E-state index contributed by atoms with van der Waals surface area (Å²) in [7, 11) is -1.03. The number of rotatable bonds is 7. The molecule has 0 atom stereocenters. The molecule has 2 N–H and O–H groups in total. The van der Waals surface area contributed by atoms with Crippen LogP contribution in [-0.4, -0.2) is 28.5 Å². The molecule has 0 fully saturated rings. The van der Waals surface area contributed by atoms with Crippen molar-refractivity contribution in [2.24, 2.45) is 0 Å². The third-order valence-corrected chi connectivity index (χ3v) is 5.82. The van der Waals surface area contributed by atoms with Crippen LogP contribution in [0, 0.1) is 12.7 Å². The Morgan fingerprint density at radius 3 is 2.19 bits per heavy atom. The van der Waals surface area contributed by atoms with Crippen LogP contribution < -0.4 is 19.5 Å². The first kappa shape index (κ1) is 22.1. The summed E-state index contributed by atoms with van der Waals surface area (Å²) in [5, 5.41) is 2.72. The number of hydrogen-bond donors (Lipinski definition) is 2. The minimum absolute atomic E-state index is 0.164. The maximum atomic E-state index is 13.8. The number of carbonyl (C=O) groups excluding carboxylic acids is 1. The molecule has 0 unspecified atom stereocenters. The molecule has 3 aromatic carbocycles. The van der Waals surface area contributed by atoms with Crippen molar-refractivity contribution >= 4 is 27.3 Å². The van der Waals surface area contributed by atoms with Crippen molar-refractivity contribution in [3.8, 4) is 11.5 Å². The quantitative estimate of drug-likeness (QED) is 0.570. The Labute approximate surface area is 179 Å². The van der Waals surface area contributed by atoms with E-state index in [-0.39, 0.29) is 16.1 Å². The number of ether oxygens (including phenoxy) is 2. The number of hydrogen-bond acceptors (Lipinski definition) is 5. The Hall–Kier alpha value is -3.59. The lowest BCUT2D eigenvalue weighted by Crippen LogP contribution is -2.15. The fourth-order valence-electron chi connectivity index (χ4n) is 2.76. The summed E-state index contributed by atoms with van der Waals surface area (Å²) >= 11 is 0. The summed E-state index contributed by atoms with van der Waals surface area (Å²) in [5.41, 5.74) is 1.17. The molecule has 0 aromatic heterocycles. The average molecular weight is 444 g/mol. The van der Waals surface area contributed by atoms with E-state index in [9.17, 15) is 17.6 Å². The Kier molecular flexibility index (Phi) is 6.45. The Morgan fingerprint density at radius 2 is 1.58 bits per heavy atom. The van der Waals surface area contributed by atoms with Crippen molar-refractivity contribution in [1.29, 1.82) is 0 Å². The van der Waals surface area contributed by atoms with Crippen LogP contribution >= 0.6 is 0 Å². The highest BCUT2D eigenvalue weighted by atomic mass is 32.2. The third-order valence-electron chi connectivity index (χ3n) is 4.44. The third kappa shape index (κ3) is 5.32. The number of halogens is 1. The van der Waals surface area contributed by atoms with Gasteiger partial charge < -0.3 is 14.8 Å². The summed E-state index contributed by atoms with van der Waals surface area (Å²) in [6.45, 7) is 1.54. The minimum Gasteiger partial charge on any atom is -0.497 e. The van der Waals surface area contributed by atoms with Gasteiger partial charge in [-0.05, 0) is 42.8 Å². The average Bonchev–Trinajstić information content (AvgIpc) is 2.75. The molecule has 0 bridgehead atoms. The molecule has 0 spiro atoms. The number of aryl methyl sites for hydroxylation is 1. The van der Waals surface area contributed by atoms with Crippen molar-refractivity contribution in [2.75, 3.05) is 24.3 Å². The van der Waals surface area contributed by atoms with E-state index in [2.05, 4.69) is 10.0 Å². The Balaban J connectivity index is 1.81. The zero-order valence-electron chi connectivity index (χ0n) is 17.1. The second-order valence-electron chi connectivity index (χ2n) is 6.65. The van der Waals surface area contributed by atoms with Gasteiger partial charge in [-0.2, -0.15) is 0 Å². The van der Waals surface area contributed by atoms with Crippen molar-refractivity contribution in [1.82, 2.24) is 0 Å². The van der Waals surface area contributed by atoms with Crippen LogP contribution in [0.5, 0.6) is 11.5 Å². The summed E-state index contributed by atoms with van der Waals surface area (Å²) in [4.78, 5) is 12.4. The van der Waals surface area contributed by atoms with Gasteiger partial charge in [0.25, 0.3) is 15.9 Å². The number of nitrogens with one attached hydrogen (secondary N) is 2. The lowest BCUT2D eigenvalue weighted by molar-refractivity contribution is 0.102. The summed E-state index contributed by atoms with van der Waals surface area (Å²) in [5.74, 6) is -0.0783. The standard InChI is InChI=1S/C22H21FN2O5S/c1-14-7-8-20(13-21(14)23)31(27,28)25-16-6-4-5-15(9-16)22(26)24-17-10-18(29-2)12-19(11-17)30-3/h4-13,25H,1-3H3,(H,24,26). The highest BCUT2D eigenvalue weighted by Gasteiger charge is 2.17. The summed E-state index contributed by atoms with van der Waals surface area (Å²) in [6.07, 6.45) is 0. The number of anilines is 2. The van der Waals surface area contributed by atoms with E-state index in [1.54, 1.807) is 25.1 Å². The molecule has 0 saturated carbocycles. The van der Waals surface area contributed by atoms with E-state index < -0.39 is 21.7 Å². The topological polar surface area (TPSA) is 93.7 Å². The predicted octanol–water partition coefficient (Wildman–Crippen LogP) is 4.20. The Morgan fingerprint density at radius 1 is 0.903 bits per heavy atom. The first-order valence-corrected chi connectivity index (χ1v) is 10.6. The zero-order valence-corrected chi connectivity index (χ0v) is 17.9. The monoisotopic (exact) mass is 444 g/mol. The normalized spacial score (nSPS) is 11.0. The summed E-state index contributed by atoms with van der Waals surface area (Å²) in [6, 6.07) is 14.5. The fraction of sp³-hybridized carbons (Fsp3) is 0.136. The molecule has 0 radical (unpaired) electrons. The van der Waals surface area contributed by atoms with Crippen molar-refractivity contribution in [2.45, 2.75) is 11.8 Å². The molecule has 3 rings (SSSR count). The van der Waals surface area contributed by atoms with Crippen LogP contribution in [-0.2, 0) is 10.0 Å². The molecular formula is C22H21FN2O5S. The van der Waals surface area contributed by atoms with Gasteiger partial charge in [-0.15, -0.1) is 0 Å². The second-order valence-corrected chi connectivity index (χ2v) is 8.34. The number of methoxy groups -OCH3 is 2. The van der Waals surface area contributed by atoms with Gasteiger partial charge in [0.1, 0.15) is 17.3 Å². The minimum atomic E-state index is -4.03. The molecule has 7 nitrogen and oxygen atoms in total. The fourth-order valence-corrected chi connectivity index (χ4v) is 3.82. The first-order chi connectivity index (χ1) is 14.7. The second kappa shape index (κ2) is 9.05. The molecule has 0 aliphatic heterocycles. The van der Waals surface area contributed by atoms with Gasteiger partial charge in [0.2, 0.25) is 0 Å². The number of sulfonamides is 1. The van der Waals surface area contributed by atoms with Crippen LogP contribution in [0.1, 0.15) is 15.9 Å². The SMILES string of the molecule is COc1cc(NC(=O)c2cccc(NS(=O)(=O)c3ccc(C)c(F)c3)c2)cc(OC)c1. The van der Waals surface area contributed by atoms with E-state index in [1.165, 1.54) is 50.6 Å². The molecule has 0 saturated heterocycles. The Bertz CT molecular complexity index is 1210. The van der Waals surface area contributed by atoms with Gasteiger partial charge in [-0.1, -0.05) is 12.1 Å². The van der Waals surface area contributed by atoms with Crippen molar-refractivity contribution in [3.63, 3.8) is 0 Å². The van der Waals surface area contributed by atoms with Crippen molar-refractivity contribution < 1.29 is 27.1 Å². The molecular weight excluding hydrogens is 423 g/mol. The predicted molar refractivity (Wildman–Crippen MR) is 116 cm³/mol. The van der Waals surface area contributed by atoms with Gasteiger partial charge in [0, 0.05) is 35.1 Å². The van der Waals surface area contributed by atoms with E-state index >= 15 is 0 Å². The first-order valence-electron chi connectivity index (χ1n) is 9.15. The molecule has 162 valence electrons. The van der Waals surface area contributed by atoms with Crippen LogP contribution in [0.25, 0.3) is 0 Å². The molecule has 31 heavy (non-hydrogen) atoms. The highest BCUT2D eigenvalue weighted by molar-refractivity contribution is 7.92. The van der Waals surface area contributed by atoms with Gasteiger partial charge in [-0.25, -0.2) is 12.8 Å². The maximum absolute atomic E-state index is 13.8. The van der Waals surface area contributed by atoms with E-state index in [1.807, 2.05) is 0 Å². The van der Waals surface area contributed by atoms with Crippen molar-refractivity contribution in [3.05, 3.63) is 77.6 Å². The molecule has 3 aromatic rings. The number of carbonyl (C=O) groups is 1. The lowest BCUT2D eigenvalue weighted by Gasteiger charge is -2.12. The van der Waals surface area contributed by atoms with E-state index in [4.69, 9.17) is 9.47 Å². The molecule has 0 aliphatic carbocycles. The van der Waals surface area contributed by atoms with Crippen LogP contribution in [0.2, 0.25) is 0 Å². The van der Waals surface area contributed by atoms with E-state index in [0.717, 1.165) is 6.07 Å². The molecule has 0 aliphatic rings. The molecule has 9 heteroatoms. The maximum Gasteiger partial charge on any atom is 0.261 e. The summed E-state index contributed by atoms with van der Waals surface area (Å²) < 4.78 is 51.6. The number of amides is 1. The van der Waals surface area contributed by atoms with Crippen LogP contribution in [0.4, 0.5) is 15.8 Å². The number of benzene rings is 3. The van der Waals surface area contributed by atoms with Crippen LogP contribution in [0.3, 0.4) is 0 Å². The molecule has 1 amide bonds. The lowest BCUT2D eigenvalue weighted by atomic mass is 10.2.